The lowest BCUT2D eigenvalue weighted by Crippen LogP contribution is -2.10. The van der Waals surface area contributed by atoms with Crippen LogP contribution in [-0.4, -0.2) is 0 Å². The lowest BCUT2D eigenvalue weighted by molar-refractivity contribution is 0.670. The Morgan fingerprint density at radius 1 is 0.404 bits per heavy atom. The number of nitrogens with zero attached hydrogens (tertiary/aromatic N) is 1. The largest absolute Gasteiger partial charge is 0.455 e. The van der Waals surface area contributed by atoms with E-state index in [1.54, 1.807) is 4.90 Å². The van der Waals surface area contributed by atoms with Gasteiger partial charge in [-0.1, -0.05) is 158 Å². The molecular formula is C50H33NO. The highest BCUT2D eigenvalue weighted by atomic mass is 16.3. The second-order valence-corrected chi connectivity index (χ2v) is 12.5. The predicted octanol–water partition coefficient (Wildman–Crippen LogP) is 14.4. The van der Waals surface area contributed by atoms with Crippen LogP contribution in [0.4, 0.5) is 17.1 Å². The van der Waals surface area contributed by atoms with Gasteiger partial charge in [0.1, 0.15) is 11.2 Å². The van der Waals surface area contributed by atoms with E-state index in [0.29, 0.717) is 17.0 Å². The van der Waals surface area contributed by atoms with Gasteiger partial charge in [0.2, 0.25) is 0 Å². The third-order valence-corrected chi connectivity index (χ3v) is 9.44. The zero-order chi connectivity index (χ0) is 44.0. The van der Waals surface area contributed by atoms with Crippen LogP contribution in [0, 0.1) is 0 Å². The molecule has 0 fully saturated rings. The summed E-state index contributed by atoms with van der Waals surface area (Å²) in [7, 11) is 0. The smallest absolute Gasteiger partial charge is 0.143 e. The molecule has 0 aliphatic heterocycles. The molecule has 0 amide bonds. The summed E-state index contributed by atoms with van der Waals surface area (Å²) in [6.45, 7) is 0. The van der Waals surface area contributed by atoms with Crippen LogP contribution in [0.5, 0.6) is 0 Å². The Labute approximate surface area is 317 Å². The zero-order valence-electron chi connectivity index (χ0n) is 38.6. The fourth-order valence-corrected chi connectivity index (χ4v) is 7.03. The molecule has 0 unspecified atom stereocenters. The molecule has 9 aromatic carbocycles. The van der Waals surface area contributed by atoms with Crippen molar-refractivity contribution in [3.05, 3.63) is 200 Å². The molecule has 0 saturated carbocycles. The van der Waals surface area contributed by atoms with Crippen molar-refractivity contribution in [3.63, 3.8) is 0 Å². The summed E-state index contributed by atoms with van der Waals surface area (Å²) in [4.78, 5) is 1.65. The summed E-state index contributed by atoms with van der Waals surface area (Å²) in [6.07, 6.45) is 0. The fraction of sp³-hybridized carbons (Fsp3) is 0. The third kappa shape index (κ3) is 5.12. The number of hydrogen-bond acceptors (Lipinski definition) is 2. The van der Waals surface area contributed by atoms with Gasteiger partial charge in [-0.15, -0.1) is 0 Å². The summed E-state index contributed by atoms with van der Waals surface area (Å²) in [6, 6.07) is 36.2. The molecule has 0 spiro atoms. The second-order valence-electron chi connectivity index (χ2n) is 12.5. The maximum absolute atomic E-state index is 9.89. The monoisotopic (exact) mass is 674 g/mol. The number of rotatable bonds is 6. The molecule has 0 saturated heterocycles. The molecular weight excluding hydrogens is 631 g/mol. The molecule has 10 aromatic rings. The Bertz CT molecular complexity index is 3530. The van der Waals surface area contributed by atoms with Crippen LogP contribution in [0.2, 0.25) is 0 Å². The lowest BCUT2D eigenvalue weighted by atomic mass is 9.96. The summed E-state index contributed by atoms with van der Waals surface area (Å²) in [5.74, 6) is 0. The fourth-order valence-electron chi connectivity index (χ4n) is 7.03. The van der Waals surface area contributed by atoms with Gasteiger partial charge in [-0.25, -0.2) is 0 Å². The van der Waals surface area contributed by atoms with Crippen molar-refractivity contribution in [1.82, 2.24) is 0 Å². The van der Waals surface area contributed by atoms with E-state index in [4.69, 9.17) is 14.0 Å². The normalized spacial score (nSPS) is 14.4. The number of hydrogen-bond donors (Lipinski definition) is 0. The Morgan fingerprint density at radius 2 is 1.13 bits per heavy atom. The highest BCUT2D eigenvalue weighted by Gasteiger charge is 2.17. The standard InChI is InChI=1S/C50H33NO/c1-3-20-42-34(12-1)14-9-23-44(42)37-16-7-18-40(32-37)51(41-19-8-17-38(33-41)45-24-10-15-35-13-2-4-21-43(35)45)39-30-28-36(29-31-39)46-25-11-26-48-47-22-5-6-27-49(47)52-50(46)48/h1-33H/i1D,3D,7D,9D,12D,14D,16D,18D,20D,23D,32D. The van der Waals surface area contributed by atoms with Crippen LogP contribution in [0.1, 0.15) is 15.1 Å². The van der Waals surface area contributed by atoms with Crippen molar-refractivity contribution in [2.45, 2.75) is 0 Å². The SMILES string of the molecule is [2H]c1c([2H])c(-c2c([2H])c([2H])c([2H])c3c([2H])c([2H])c([2H])c([2H])c23)c([2H])c(N(c2ccc(-c3cccc4c3oc3ccccc34)cc2)c2cccc(-c3cccc4ccccc34)c2)c1[2H]. The van der Waals surface area contributed by atoms with Gasteiger partial charge >= 0.3 is 0 Å². The molecule has 0 aliphatic rings. The minimum Gasteiger partial charge on any atom is -0.455 e. The predicted molar refractivity (Wildman–Crippen MR) is 220 cm³/mol. The molecule has 1 aromatic heterocycles. The molecule has 52 heavy (non-hydrogen) atoms. The van der Waals surface area contributed by atoms with E-state index in [-0.39, 0.29) is 27.6 Å². The van der Waals surface area contributed by atoms with Gasteiger partial charge < -0.3 is 9.32 Å². The van der Waals surface area contributed by atoms with Crippen LogP contribution < -0.4 is 4.90 Å². The molecule has 0 aliphatic carbocycles. The van der Waals surface area contributed by atoms with Crippen molar-refractivity contribution in [1.29, 1.82) is 0 Å². The molecule has 0 atom stereocenters. The Morgan fingerprint density at radius 3 is 2.08 bits per heavy atom. The van der Waals surface area contributed by atoms with E-state index in [1.165, 1.54) is 0 Å². The highest BCUT2D eigenvalue weighted by molar-refractivity contribution is 6.09. The van der Waals surface area contributed by atoms with Crippen molar-refractivity contribution < 1.29 is 19.5 Å². The second kappa shape index (κ2) is 12.5. The van der Waals surface area contributed by atoms with Crippen LogP contribution in [0.25, 0.3) is 76.9 Å². The summed E-state index contributed by atoms with van der Waals surface area (Å²) >= 11 is 0. The zero-order valence-corrected chi connectivity index (χ0v) is 27.6. The number of benzene rings is 9. The maximum Gasteiger partial charge on any atom is 0.143 e. The van der Waals surface area contributed by atoms with Gasteiger partial charge in [0.25, 0.3) is 0 Å². The van der Waals surface area contributed by atoms with Gasteiger partial charge in [0.15, 0.2) is 0 Å². The maximum atomic E-state index is 9.89. The van der Waals surface area contributed by atoms with Crippen molar-refractivity contribution in [2.24, 2.45) is 0 Å². The first kappa shape index (κ1) is 20.7. The van der Waals surface area contributed by atoms with Crippen LogP contribution in [0.3, 0.4) is 0 Å². The Hall–Kier alpha value is -6.90. The molecule has 0 bridgehead atoms. The van der Waals surface area contributed by atoms with Crippen LogP contribution in [0.15, 0.2) is 204 Å². The van der Waals surface area contributed by atoms with E-state index in [2.05, 4.69) is 0 Å². The van der Waals surface area contributed by atoms with Gasteiger partial charge in [0, 0.05) is 33.4 Å². The number of anilines is 3. The van der Waals surface area contributed by atoms with Crippen LogP contribution >= 0.6 is 0 Å². The topological polar surface area (TPSA) is 16.4 Å². The van der Waals surface area contributed by atoms with E-state index in [1.807, 2.05) is 133 Å². The average molecular weight is 675 g/mol. The van der Waals surface area contributed by atoms with E-state index in [0.717, 1.165) is 49.4 Å². The van der Waals surface area contributed by atoms with E-state index >= 15 is 0 Å². The Kier molecular flexibility index (Phi) is 4.96. The van der Waals surface area contributed by atoms with Crippen LogP contribution in [-0.2, 0) is 0 Å². The van der Waals surface area contributed by atoms with Crippen molar-refractivity contribution in [2.75, 3.05) is 4.90 Å². The summed E-state index contributed by atoms with van der Waals surface area (Å²) < 4.78 is 105. The summed E-state index contributed by atoms with van der Waals surface area (Å²) in [5, 5.41) is 3.34. The molecule has 1 heterocycles. The number of furan rings is 1. The quantitative estimate of drug-likeness (QED) is 0.175. The van der Waals surface area contributed by atoms with Crippen molar-refractivity contribution >= 4 is 60.5 Å². The number of para-hydroxylation sites is 2. The molecule has 10 rings (SSSR count). The van der Waals surface area contributed by atoms with E-state index < -0.39 is 66.5 Å². The molecule has 0 N–H and O–H groups in total. The minimum atomic E-state index is -0.668. The first-order valence-corrected chi connectivity index (χ1v) is 16.9. The lowest BCUT2D eigenvalue weighted by Gasteiger charge is -2.27. The van der Waals surface area contributed by atoms with Gasteiger partial charge in [0.05, 0.1) is 15.1 Å². The first-order valence-electron chi connectivity index (χ1n) is 22.4. The minimum absolute atomic E-state index is 0.136. The van der Waals surface area contributed by atoms with Gasteiger partial charge in [-0.2, -0.15) is 0 Å². The molecule has 0 radical (unpaired) electrons. The summed E-state index contributed by atoms with van der Waals surface area (Å²) in [5.41, 5.74) is 5.01. The third-order valence-electron chi connectivity index (χ3n) is 9.44. The average Bonchev–Trinajstić information content (AvgIpc) is 3.70. The first-order chi connectivity index (χ1) is 30.4. The Balaban J connectivity index is 1.24. The molecule has 244 valence electrons. The van der Waals surface area contributed by atoms with E-state index in [9.17, 15) is 5.48 Å². The highest BCUT2D eigenvalue weighted by Crippen LogP contribution is 2.42. The molecule has 2 nitrogen and oxygen atoms in total. The van der Waals surface area contributed by atoms with Crippen molar-refractivity contribution in [3.8, 4) is 33.4 Å². The van der Waals surface area contributed by atoms with Gasteiger partial charge in [-0.05, 0) is 91.8 Å². The molecule has 2 heteroatoms. The van der Waals surface area contributed by atoms with Gasteiger partial charge in [-0.3, -0.25) is 0 Å². The number of fused-ring (bicyclic) bond motifs is 5.